The number of esters is 1. The lowest BCUT2D eigenvalue weighted by Crippen LogP contribution is -2.44. The molecule has 2 atom stereocenters. The topological polar surface area (TPSA) is 93.7 Å². The van der Waals surface area contributed by atoms with E-state index < -0.39 is 12.0 Å². The minimum Gasteiger partial charge on any atom is -0.494 e. The number of carbonyl (C=O) groups excluding carboxylic acids is 3. The highest BCUT2D eigenvalue weighted by molar-refractivity contribution is 6.12. The maximum absolute atomic E-state index is 13.2. The minimum atomic E-state index is -0.681. The van der Waals surface area contributed by atoms with Crippen LogP contribution in [0.1, 0.15) is 60.0 Å². The van der Waals surface area contributed by atoms with Crippen molar-refractivity contribution in [2.75, 3.05) is 25.6 Å². The predicted octanol–water partition coefficient (Wildman–Crippen LogP) is 5.62. The number of ketones is 2. The van der Waals surface area contributed by atoms with Crippen LogP contribution < -0.4 is 15.4 Å². The molecular formula is C35H40N2O5. The third-order valence-electron chi connectivity index (χ3n) is 8.25. The second kappa shape index (κ2) is 14.3. The molecule has 7 nitrogen and oxygen atoms in total. The highest BCUT2D eigenvalue weighted by atomic mass is 16.5. The van der Waals surface area contributed by atoms with Crippen LogP contribution in [0.4, 0.5) is 5.69 Å². The summed E-state index contributed by atoms with van der Waals surface area (Å²) in [5, 5.41) is 6.75. The summed E-state index contributed by atoms with van der Waals surface area (Å²) in [6.45, 7) is 1.32. The summed E-state index contributed by atoms with van der Waals surface area (Å²) in [5.74, 6) is 1.44. The van der Waals surface area contributed by atoms with Crippen LogP contribution in [0.15, 0.2) is 78.9 Å². The van der Waals surface area contributed by atoms with E-state index in [0.717, 1.165) is 50.0 Å². The van der Waals surface area contributed by atoms with Crippen LogP contribution in [0.5, 0.6) is 5.75 Å². The Morgan fingerprint density at radius 2 is 1.60 bits per heavy atom. The largest absolute Gasteiger partial charge is 0.494 e. The molecule has 1 unspecified atom stereocenters. The van der Waals surface area contributed by atoms with Crippen LogP contribution in [0.3, 0.4) is 0 Å². The first-order valence-corrected chi connectivity index (χ1v) is 15.1. The van der Waals surface area contributed by atoms with Crippen molar-refractivity contribution < 1.29 is 23.9 Å². The normalized spacial score (nSPS) is 16.1. The van der Waals surface area contributed by atoms with E-state index in [1.54, 1.807) is 24.3 Å². The Labute approximate surface area is 248 Å². The maximum atomic E-state index is 13.2. The summed E-state index contributed by atoms with van der Waals surface area (Å²) in [6.07, 6.45) is 6.80. The number of para-hydroxylation sites is 1. The number of methoxy groups -OCH3 is 1. The van der Waals surface area contributed by atoms with Crippen LogP contribution in [-0.4, -0.2) is 49.9 Å². The van der Waals surface area contributed by atoms with Crippen molar-refractivity contribution in [3.63, 3.8) is 0 Å². The van der Waals surface area contributed by atoms with E-state index in [1.165, 1.54) is 13.5 Å². The van der Waals surface area contributed by atoms with Gasteiger partial charge in [0, 0.05) is 29.2 Å². The van der Waals surface area contributed by atoms with E-state index in [-0.39, 0.29) is 17.7 Å². The number of benzene rings is 3. The van der Waals surface area contributed by atoms with Crippen molar-refractivity contribution >= 4 is 23.2 Å². The molecule has 0 bridgehead atoms. The standard InChI is InChI=1S/C35H40N2O5/c1-41-35(40)31(37-30-14-6-5-13-29(30)33(38)26-9-3-2-4-10-26)23-24-15-19-28(20-16-24)42-22-8-21-36-32(25-17-18-25)34(39)27-11-7-12-27/h2-6,9-10,13-16,19-20,25,27,31-32,36-37H,7-8,11-12,17-18,21-23H2,1H3/t31-,32?/m0/s1. The molecule has 0 heterocycles. The van der Waals surface area contributed by atoms with Crippen molar-refractivity contribution in [1.82, 2.24) is 5.32 Å². The summed E-state index contributed by atoms with van der Waals surface area (Å²) in [7, 11) is 1.36. The van der Waals surface area contributed by atoms with Gasteiger partial charge in [0.2, 0.25) is 0 Å². The van der Waals surface area contributed by atoms with Gasteiger partial charge in [0.15, 0.2) is 11.6 Å². The van der Waals surface area contributed by atoms with Crippen molar-refractivity contribution in [3.05, 3.63) is 95.6 Å². The zero-order chi connectivity index (χ0) is 29.3. The molecule has 7 heteroatoms. The van der Waals surface area contributed by atoms with Gasteiger partial charge in [-0.1, -0.05) is 61.0 Å². The van der Waals surface area contributed by atoms with Gasteiger partial charge in [-0.15, -0.1) is 0 Å². The first kappa shape index (κ1) is 29.5. The molecule has 2 N–H and O–H groups in total. The highest BCUT2D eigenvalue weighted by Crippen LogP contribution is 2.37. The van der Waals surface area contributed by atoms with Gasteiger partial charge in [-0.25, -0.2) is 4.79 Å². The molecule has 0 aromatic heterocycles. The average molecular weight is 569 g/mol. The molecule has 220 valence electrons. The number of ether oxygens (including phenoxy) is 2. The van der Waals surface area contributed by atoms with E-state index in [0.29, 0.717) is 41.5 Å². The molecule has 0 spiro atoms. The Morgan fingerprint density at radius 3 is 2.26 bits per heavy atom. The summed E-state index contributed by atoms with van der Waals surface area (Å²) < 4.78 is 11.0. The minimum absolute atomic E-state index is 0.0226. The van der Waals surface area contributed by atoms with Crippen LogP contribution in [0.2, 0.25) is 0 Å². The molecule has 0 amide bonds. The lowest BCUT2D eigenvalue weighted by molar-refractivity contribution is -0.141. The number of anilines is 1. The first-order valence-electron chi connectivity index (χ1n) is 15.1. The van der Waals surface area contributed by atoms with Crippen LogP contribution in [-0.2, 0) is 20.7 Å². The third kappa shape index (κ3) is 7.65. The Hall–Kier alpha value is -3.97. The second-order valence-electron chi connectivity index (χ2n) is 11.3. The van der Waals surface area contributed by atoms with Gasteiger partial charge in [-0.2, -0.15) is 0 Å². The fraction of sp³-hybridized carbons (Fsp3) is 0.400. The Balaban J connectivity index is 1.13. The number of hydrogen-bond acceptors (Lipinski definition) is 7. The average Bonchev–Trinajstić information content (AvgIpc) is 3.84. The summed E-state index contributed by atoms with van der Waals surface area (Å²) >= 11 is 0. The molecule has 3 aromatic rings. The van der Waals surface area contributed by atoms with Gasteiger partial charge in [0.1, 0.15) is 11.8 Å². The van der Waals surface area contributed by atoms with Gasteiger partial charge in [0.05, 0.1) is 19.8 Å². The lowest BCUT2D eigenvalue weighted by Gasteiger charge is -2.29. The number of Topliss-reactive ketones (excluding diaryl/α,β-unsaturated/α-hetero) is 1. The Kier molecular flexibility index (Phi) is 10.0. The van der Waals surface area contributed by atoms with E-state index in [9.17, 15) is 14.4 Å². The van der Waals surface area contributed by atoms with Crippen molar-refractivity contribution in [3.8, 4) is 5.75 Å². The summed E-state index contributed by atoms with van der Waals surface area (Å²) in [6, 6.07) is 23.3. The highest BCUT2D eigenvalue weighted by Gasteiger charge is 2.40. The van der Waals surface area contributed by atoms with E-state index in [4.69, 9.17) is 9.47 Å². The van der Waals surface area contributed by atoms with Gasteiger partial charge in [-0.3, -0.25) is 9.59 Å². The monoisotopic (exact) mass is 568 g/mol. The number of hydrogen-bond donors (Lipinski definition) is 2. The maximum Gasteiger partial charge on any atom is 0.328 e. The Bertz CT molecular complexity index is 1350. The molecule has 2 saturated carbocycles. The number of carbonyl (C=O) groups is 3. The molecule has 2 aliphatic carbocycles. The smallest absolute Gasteiger partial charge is 0.328 e. The predicted molar refractivity (Wildman–Crippen MR) is 163 cm³/mol. The third-order valence-corrected chi connectivity index (χ3v) is 8.25. The summed E-state index contributed by atoms with van der Waals surface area (Å²) in [5.41, 5.74) is 2.58. The lowest BCUT2D eigenvalue weighted by atomic mass is 9.79. The second-order valence-corrected chi connectivity index (χ2v) is 11.3. The zero-order valence-corrected chi connectivity index (χ0v) is 24.2. The van der Waals surface area contributed by atoms with E-state index in [2.05, 4.69) is 10.6 Å². The SMILES string of the molecule is COC(=O)[C@H](Cc1ccc(OCCCNC(C(=O)C2CCC2)C2CC2)cc1)Nc1ccccc1C(=O)c1ccccc1. The molecular weight excluding hydrogens is 528 g/mol. The number of rotatable bonds is 16. The fourth-order valence-electron chi connectivity index (χ4n) is 5.43. The van der Waals surface area contributed by atoms with Crippen molar-refractivity contribution in [2.45, 2.75) is 57.0 Å². The first-order chi connectivity index (χ1) is 20.5. The summed E-state index contributed by atoms with van der Waals surface area (Å²) in [4.78, 5) is 38.6. The zero-order valence-electron chi connectivity index (χ0n) is 24.2. The Morgan fingerprint density at radius 1 is 0.881 bits per heavy atom. The van der Waals surface area contributed by atoms with Gasteiger partial charge < -0.3 is 20.1 Å². The van der Waals surface area contributed by atoms with Gasteiger partial charge in [0.25, 0.3) is 0 Å². The molecule has 5 rings (SSSR count). The van der Waals surface area contributed by atoms with Crippen molar-refractivity contribution in [1.29, 1.82) is 0 Å². The molecule has 0 saturated heterocycles. The molecule has 3 aromatic carbocycles. The molecule has 2 aliphatic rings. The molecule has 0 aliphatic heterocycles. The molecule has 2 fully saturated rings. The van der Waals surface area contributed by atoms with Crippen LogP contribution in [0.25, 0.3) is 0 Å². The quantitative estimate of drug-likeness (QED) is 0.132. The van der Waals surface area contributed by atoms with Gasteiger partial charge in [-0.05, 0) is 74.4 Å². The molecule has 42 heavy (non-hydrogen) atoms. The van der Waals surface area contributed by atoms with Gasteiger partial charge >= 0.3 is 5.97 Å². The van der Waals surface area contributed by atoms with Crippen molar-refractivity contribution in [2.24, 2.45) is 11.8 Å². The van der Waals surface area contributed by atoms with Crippen LogP contribution in [0, 0.1) is 11.8 Å². The van der Waals surface area contributed by atoms with Crippen LogP contribution >= 0.6 is 0 Å². The molecule has 0 radical (unpaired) electrons. The fourth-order valence-corrected chi connectivity index (χ4v) is 5.43. The van der Waals surface area contributed by atoms with E-state index in [1.807, 2.05) is 54.6 Å². The number of nitrogens with one attached hydrogen (secondary N) is 2. The van der Waals surface area contributed by atoms with E-state index >= 15 is 0 Å².